The third-order valence-electron chi connectivity index (χ3n) is 2.07. The molecule has 3 N–H and O–H groups in total. The lowest BCUT2D eigenvalue weighted by Crippen LogP contribution is -2.50. The van der Waals surface area contributed by atoms with E-state index in [4.69, 9.17) is 19.2 Å². The van der Waals surface area contributed by atoms with E-state index in [2.05, 4.69) is 26.3 Å². The Morgan fingerprint density at radius 3 is 1.06 bits per heavy atom. The summed E-state index contributed by atoms with van der Waals surface area (Å²) >= 11 is 0. The van der Waals surface area contributed by atoms with Crippen molar-refractivity contribution in [3.63, 3.8) is 0 Å². The van der Waals surface area contributed by atoms with Crippen LogP contribution in [0.3, 0.4) is 0 Å². The van der Waals surface area contributed by atoms with E-state index in [1.807, 2.05) is 24.3 Å². The van der Waals surface area contributed by atoms with Gasteiger partial charge in [0.15, 0.2) is 0 Å². The molecule has 0 amide bonds. The molecule has 18 heavy (non-hydrogen) atoms. The second kappa shape index (κ2) is 9.95. The van der Waals surface area contributed by atoms with Gasteiger partial charge in [-0.2, -0.15) is 0 Å². The minimum atomic E-state index is -4.86. The number of hydrogen-bond acceptors (Lipinski definition) is 4. The van der Waals surface area contributed by atoms with E-state index >= 15 is 0 Å². The van der Waals surface area contributed by atoms with Crippen molar-refractivity contribution in [2.24, 2.45) is 0 Å². The van der Waals surface area contributed by atoms with Crippen LogP contribution in [0.5, 0.6) is 0 Å². The van der Waals surface area contributed by atoms with Gasteiger partial charge in [-0.1, -0.05) is 26.3 Å². The SMILES string of the molecule is C=CC[N+](CC=C)(CC=C)CC=C.[O-][Si](O)(O)O. The molecule has 0 radical (unpaired) electrons. The summed E-state index contributed by atoms with van der Waals surface area (Å²) < 4.78 is 0.903. The lowest BCUT2D eigenvalue weighted by Gasteiger charge is -2.35. The maximum absolute atomic E-state index is 8.91. The van der Waals surface area contributed by atoms with Gasteiger partial charge in [-0.3, -0.25) is 0 Å². The van der Waals surface area contributed by atoms with Crippen LogP contribution >= 0.6 is 0 Å². The van der Waals surface area contributed by atoms with Crippen LogP contribution in [0.25, 0.3) is 0 Å². The van der Waals surface area contributed by atoms with Crippen molar-refractivity contribution < 1.29 is 23.7 Å². The van der Waals surface area contributed by atoms with Crippen molar-refractivity contribution in [2.45, 2.75) is 0 Å². The van der Waals surface area contributed by atoms with Crippen LogP contribution in [0.15, 0.2) is 50.6 Å². The average Bonchev–Trinajstić information content (AvgIpc) is 2.16. The van der Waals surface area contributed by atoms with Crippen molar-refractivity contribution in [1.82, 2.24) is 0 Å². The van der Waals surface area contributed by atoms with Crippen LogP contribution < -0.4 is 4.80 Å². The molecule has 0 fully saturated rings. The normalized spacial score (nSPS) is 10.9. The number of hydrogen-bond donors (Lipinski definition) is 3. The largest absolute Gasteiger partial charge is 0.794 e. The quantitative estimate of drug-likeness (QED) is 0.310. The molecule has 5 nitrogen and oxygen atoms in total. The highest BCUT2D eigenvalue weighted by molar-refractivity contribution is 6.44. The van der Waals surface area contributed by atoms with E-state index in [-0.39, 0.29) is 0 Å². The van der Waals surface area contributed by atoms with Gasteiger partial charge in [0.25, 0.3) is 0 Å². The van der Waals surface area contributed by atoms with Crippen LogP contribution in [-0.4, -0.2) is 54.1 Å². The van der Waals surface area contributed by atoms with Crippen molar-refractivity contribution in [2.75, 3.05) is 26.2 Å². The molecule has 0 saturated heterocycles. The Kier molecular flexibility index (Phi) is 10.7. The summed E-state index contributed by atoms with van der Waals surface area (Å²) in [4.78, 5) is 30.6. The molecule has 0 rings (SSSR count). The summed E-state index contributed by atoms with van der Waals surface area (Å²) in [5.74, 6) is 0. The van der Waals surface area contributed by atoms with Crippen molar-refractivity contribution in [3.05, 3.63) is 50.6 Å². The Morgan fingerprint density at radius 1 is 0.778 bits per heavy atom. The van der Waals surface area contributed by atoms with Gasteiger partial charge in [0.2, 0.25) is 0 Å². The number of rotatable bonds is 8. The van der Waals surface area contributed by atoms with Gasteiger partial charge in [0.1, 0.15) is 0 Å². The molecule has 0 aromatic rings. The Hall–Kier alpha value is -1.02. The molecule has 0 aromatic carbocycles. The first-order valence-electron chi connectivity index (χ1n) is 5.41. The zero-order chi connectivity index (χ0) is 14.7. The van der Waals surface area contributed by atoms with Gasteiger partial charge in [0, 0.05) is 0 Å². The lowest BCUT2D eigenvalue weighted by molar-refractivity contribution is -0.906. The first kappa shape index (κ1) is 19.3. The highest BCUT2D eigenvalue weighted by atomic mass is 28.4. The minimum Gasteiger partial charge on any atom is -0.794 e. The molecule has 0 aliphatic rings. The molecule has 0 unspecified atom stereocenters. The fraction of sp³-hybridized carbons (Fsp3) is 0.333. The van der Waals surface area contributed by atoms with Crippen molar-refractivity contribution in [1.29, 1.82) is 0 Å². The van der Waals surface area contributed by atoms with Crippen molar-refractivity contribution >= 4 is 9.05 Å². The smallest absolute Gasteiger partial charge is 0.404 e. The lowest BCUT2D eigenvalue weighted by atomic mass is 10.3. The molecule has 0 aliphatic carbocycles. The van der Waals surface area contributed by atoms with Gasteiger partial charge in [-0.15, -0.1) is 0 Å². The maximum atomic E-state index is 8.91. The van der Waals surface area contributed by atoms with Crippen molar-refractivity contribution in [3.8, 4) is 0 Å². The predicted molar refractivity (Wildman–Crippen MR) is 72.9 cm³/mol. The summed E-state index contributed by atoms with van der Waals surface area (Å²) in [6, 6.07) is 0. The van der Waals surface area contributed by atoms with Crippen LogP contribution in [0.4, 0.5) is 0 Å². The molecular formula is C12H23NO4Si. The molecule has 0 bridgehead atoms. The molecule has 0 spiro atoms. The Bertz CT molecular complexity index is 222. The van der Waals surface area contributed by atoms with E-state index in [0.29, 0.717) is 0 Å². The predicted octanol–water partition coefficient (Wildman–Crippen LogP) is -0.694. The first-order valence-corrected chi connectivity index (χ1v) is 7.16. The van der Waals surface area contributed by atoms with E-state index in [0.717, 1.165) is 30.7 Å². The summed E-state index contributed by atoms with van der Waals surface area (Å²) in [6.07, 6.45) is 7.76. The van der Waals surface area contributed by atoms with E-state index in [1.54, 1.807) is 0 Å². The summed E-state index contributed by atoms with van der Waals surface area (Å²) in [5.41, 5.74) is 0. The fourth-order valence-electron chi connectivity index (χ4n) is 1.54. The molecule has 0 saturated carbocycles. The summed E-state index contributed by atoms with van der Waals surface area (Å²) in [6.45, 7) is 18.8. The molecule has 0 aliphatic heterocycles. The molecule has 6 heteroatoms. The third-order valence-corrected chi connectivity index (χ3v) is 2.07. The van der Waals surface area contributed by atoms with Gasteiger partial charge in [-0.25, -0.2) is 0 Å². The molecule has 0 aromatic heterocycles. The van der Waals surface area contributed by atoms with E-state index in [1.165, 1.54) is 0 Å². The van der Waals surface area contributed by atoms with Gasteiger partial charge in [-0.05, 0) is 24.3 Å². The second-order valence-electron chi connectivity index (χ2n) is 3.80. The van der Waals surface area contributed by atoms with E-state index < -0.39 is 9.05 Å². The van der Waals surface area contributed by atoms with Crippen LogP contribution in [-0.2, 0) is 0 Å². The van der Waals surface area contributed by atoms with Crippen LogP contribution in [0.2, 0.25) is 0 Å². The first-order chi connectivity index (χ1) is 8.24. The topological polar surface area (TPSA) is 83.8 Å². The molecule has 104 valence electrons. The monoisotopic (exact) mass is 273 g/mol. The maximum Gasteiger partial charge on any atom is 0.404 e. The highest BCUT2D eigenvalue weighted by Crippen LogP contribution is 2.07. The zero-order valence-electron chi connectivity index (χ0n) is 10.7. The third kappa shape index (κ3) is 13.0. The minimum absolute atomic E-state index is 0.903. The van der Waals surface area contributed by atoms with E-state index in [9.17, 15) is 0 Å². The Morgan fingerprint density at radius 2 is 0.944 bits per heavy atom. The zero-order valence-corrected chi connectivity index (χ0v) is 11.7. The van der Waals surface area contributed by atoms with Crippen LogP contribution in [0, 0.1) is 0 Å². The molecular weight excluding hydrogens is 250 g/mol. The van der Waals surface area contributed by atoms with Gasteiger partial charge >= 0.3 is 9.05 Å². The Labute approximate surface area is 110 Å². The molecule has 0 atom stereocenters. The highest BCUT2D eigenvalue weighted by Gasteiger charge is 2.20. The standard InChI is InChI=1S/C12H20N.H3O4Si/c1-5-9-13(10-6-2,11-7-3)12-8-4;1-5(2,3)4/h5-8H,1-4,9-12H2;1-3H/q+1;-1. The summed E-state index contributed by atoms with van der Waals surface area (Å²) in [5, 5.41) is 0. The molecule has 0 heterocycles. The second-order valence-corrected chi connectivity index (χ2v) is 4.95. The van der Waals surface area contributed by atoms with Crippen LogP contribution in [0.1, 0.15) is 0 Å². The number of quaternary nitrogens is 1. The average molecular weight is 273 g/mol. The number of nitrogens with zero attached hydrogens (tertiary/aromatic N) is 1. The van der Waals surface area contributed by atoms with Gasteiger partial charge in [0.05, 0.1) is 26.2 Å². The van der Waals surface area contributed by atoms with Gasteiger partial charge < -0.3 is 23.7 Å². The fourth-order valence-corrected chi connectivity index (χ4v) is 1.54. The summed E-state index contributed by atoms with van der Waals surface area (Å²) in [7, 11) is -4.86. The Balaban J connectivity index is 0.